The van der Waals surface area contributed by atoms with Crippen molar-refractivity contribution in [1.82, 2.24) is 0 Å². The molecule has 4 rings (SSSR count). The molecule has 3 N–H and O–H groups in total. The number of rotatable bonds is 6. The first-order valence-corrected chi connectivity index (χ1v) is 10.8. The predicted octanol–water partition coefficient (Wildman–Crippen LogP) is 5.96. The van der Waals surface area contributed by atoms with Gasteiger partial charge in [-0.3, -0.25) is 9.59 Å². The first-order chi connectivity index (χ1) is 16.3. The molecular weight excluding hydrogens is 442 g/mol. The Labute approximate surface area is 194 Å². The lowest BCUT2D eigenvalue weighted by Gasteiger charge is -2.14. The maximum Gasteiger partial charge on any atom is 0.323 e. The summed E-state index contributed by atoms with van der Waals surface area (Å²) in [6.45, 7) is 0. The second-order valence-electron chi connectivity index (χ2n) is 8.20. The van der Waals surface area contributed by atoms with Gasteiger partial charge in [0.2, 0.25) is 0 Å². The summed E-state index contributed by atoms with van der Waals surface area (Å²) in [6.07, 6.45) is 1.86. The second kappa shape index (κ2) is 9.82. The molecule has 2 atom stereocenters. The van der Waals surface area contributed by atoms with E-state index in [4.69, 9.17) is 0 Å². The molecule has 0 heterocycles. The average molecular weight is 464 g/mol. The summed E-state index contributed by atoms with van der Waals surface area (Å²) < 4.78 is 26.7. The van der Waals surface area contributed by atoms with Crippen molar-refractivity contribution in [2.45, 2.75) is 19.3 Å². The van der Waals surface area contributed by atoms with E-state index in [1.165, 1.54) is 0 Å². The monoisotopic (exact) mass is 464 g/mol. The molecule has 1 fully saturated rings. The van der Waals surface area contributed by atoms with E-state index in [-0.39, 0.29) is 11.5 Å². The summed E-state index contributed by atoms with van der Waals surface area (Å²) >= 11 is 0. The number of Topliss-reactive ketones (excluding diaryl/α,β-unsaturated/α-hetero) is 1. The van der Waals surface area contributed by atoms with Crippen molar-refractivity contribution in [1.29, 1.82) is 0 Å². The Hall–Kier alpha value is -4.07. The molecular formula is C26H22F2N2O4. The molecule has 8 heteroatoms. The first-order valence-electron chi connectivity index (χ1n) is 10.8. The van der Waals surface area contributed by atoms with Crippen molar-refractivity contribution in [3.05, 3.63) is 83.9 Å². The standard InChI is InChI=1S/C26H22F2N2O4/c27-18-10-13-23(22(28)14-18)30-26(34)29-19-11-8-16(9-12-19)15-4-6-17(7-5-15)24(31)20-2-1-3-21(20)25(32)33/h4-14,20-21H,1-3H2,(H,32,33)(H2,29,30,34)/t20-,21-/m0/s1. The van der Waals surface area contributed by atoms with Crippen LogP contribution in [0.2, 0.25) is 0 Å². The number of hydrogen-bond donors (Lipinski definition) is 3. The maximum absolute atomic E-state index is 13.7. The van der Waals surface area contributed by atoms with Gasteiger partial charge in [-0.2, -0.15) is 0 Å². The molecule has 0 spiro atoms. The lowest BCUT2D eigenvalue weighted by molar-refractivity contribution is -0.142. The lowest BCUT2D eigenvalue weighted by Crippen LogP contribution is -2.25. The smallest absolute Gasteiger partial charge is 0.323 e. The fourth-order valence-corrected chi connectivity index (χ4v) is 4.23. The van der Waals surface area contributed by atoms with Gasteiger partial charge in [0.15, 0.2) is 5.78 Å². The molecule has 174 valence electrons. The van der Waals surface area contributed by atoms with E-state index in [0.717, 1.165) is 29.7 Å². The fraction of sp³-hybridized carbons (Fsp3) is 0.192. The molecule has 3 aromatic carbocycles. The van der Waals surface area contributed by atoms with Crippen LogP contribution in [0.25, 0.3) is 11.1 Å². The fourth-order valence-electron chi connectivity index (χ4n) is 4.23. The van der Waals surface area contributed by atoms with Crippen LogP contribution in [-0.2, 0) is 4.79 Å². The van der Waals surface area contributed by atoms with Crippen molar-refractivity contribution in [3.63, 3.8) is 0 Å². The number of carbonyl (C=O) groups is 3. The lowest BCUT2D eigenvalue weighted by atomic mass is 9.88. The van der Waals surface area contributed by atoms with E-state index >= 15 is 0 Å². The molecule has 0 aliphatic heterocycles. The number of nitrogens with one attached hydrogen (secondary N) is 2. The number of halogens is 2. The van der Waals surface area contributed by atoms with Crippen LogP contribution in [0, 0.1) is 23.5 Å². The number of aliphatic carboxylic acids is 1. The van der Waals surface area contributed by atoms with Gasteiger partial charge in [0.1, 0.15) is 11.6 Å². The zero-order valence-corrected chi connectivity index (χ0v) is 18.1. The van der Waals surface area contributed by atoms with Crippen molar-refractivity contribution >= 4 is 29.2 Å². The van der Waals surface area contributed by atoms with E-state index in [2.05, 4.69) is 10.6 Å². The summed E-state index contributed by atoms with van der Waals surface area (Å²) in [5.74, 6) is -3.78. The van der Waals surface area contributed by atoms with Gasteiger partial charge < -0.3 is 15.7 Å². The minimum Gasteiger partial charge on any atom is -0.481 e. The Morgan fingerprint density at radius 3 is 2.03 bits per heavy atom. The highest BCUT2D eigenvalue weighted by Gasteiger charge is 2.37. The molecule has 0 saturated heterocycles. The third-order valence-corrected chi connectivity index (χ3v) is 5.99. The number of carboxylic acids is 1. The highest BCUT2D eigenvalue weighted by Crippen LogP contribution is 2.35. The minimum absolute atomic E-state index is 0.139. The molecule has 1 saturated carbocycles. The number of benzene rings is 3. The van der Waals surface area contributed by atoms with Crippen molar-refractivity contribution in [2.24, 2.45) is 11.8 Å². The van der Waals surface area contributed by atoms with Crippen LogP contribution in [0.1, 0.15) is 29.6 Å². The van der Waals surface area contributed by atoms with Gasteiger partial charge in [-0.15, -0.1) is 0 Å². The van der Waals surface area contributed by atoms with E-state index in [1.807, 2.05) is 0 Å². The molecule has 0 aromatic heterocycles. The number of amides is 2. The summed E-state index contributed by atoms with van der Waals surface area (Å²) in [4.78, 5) is 36.3. The van der Waals surface area contributed by atoms with Gasteiger partial charge >= 0.3 is 12.0 Å². The van der Waals surface area contributed by atoms with E-state index in [9.17, 15) is 28.3 Å². The number of urea groups is 1. The predicted molar refractivity (Wildman–Crippen MR) is 124 cm³/mol. The van der Waals surface area contributed by atoms with Crippen LogP contribution in [0.15, 0.2) is 66.7 Å². The Kier molecular flexibility index (Phi) is 6.67. The quantitative estimate of drug-likeness (QED) is 0.392. The van der Waals surface area contributed by atoms with Crippen molar-refractivity contribution in [2.75, 3.05) is 10.6 Å². The zero-order chi connectivity index (χ0) is 24.2. The molecule has 1 aliphatic carbocycles. The summed E-state index contributed by atoms with van der Waals surface area (Å²) in [6, 6.07) is 16.1. The molecule has 1 aliphatic rings. The normalized spacial score (nSPS) is 17.2. The van der Waals surface area contributed by atoms with Gasteiger partial charge in [0.05, 0.1) is 11.6 Å². The topological polar surface area (TPSA) is 95.5 Å². The Morgan fingerprint density at radius 2 is 1.41 bits per heavy atom. The molecule has 2 amide bonds. The second-order valence-corrected chi connectivity index (χ2v) is 8.20. The van der Waals surface area contributed by atoms with Crippen LogP contribution < -0.4 is 10.6 Å². The molecule has 0 unspecified atom stereocenters. The largest absolute Gasteiger partial charge is 0.481 e. The van der Waals surface area contributed by atoms with E-state index < -0.39 is 35.5 Å². The Morgan fingerprint density at radius 1 is 0.794 bits per heavy atom. The van der Waals surface area contributed by atoms with Gasteiger partial charge in [0.25, 0.3) is 0 Å². The number of anilines is 2. The van der Waals surface area contributed by atoms with Crippen LogP contribution in [0.4, 0.5) is 25.0 Å². The van der Waals surface area contributed by atoms with Gasteiger partial charge in [-0.25, -0.2) is 13.6 Å². The molecule has 6 nitrogen and oxygen atoms in total. The molecule has 34 heavy (non-hydrogen) atoms. The number of carboxylic acid groups (broad SMARTS) is 1. The van der Waals surface area contributed by atoms with Crippen LogP contribution in [-0.4, -0.2) is 22.9 Å². The first kappa shape index (κ1) is 23.1. The SMILES string of the molecule is O=C(Nc1ccc(-c2ccc(C(=O)[C@H]3CCC[C@@H]3C(=O)O)cc2)cc1)Nc1ccc(F)cc1F. The Balaban J connectivity index is 1.39. The van der Waals surface area contributed by atoms with Gasteiger partial charge in [-0.1, -0.05) is 42.8 Å². The number of hydrogen-bond acceptors (Lipinski definition) is 3. The maximum atomic E-state index is 13.7. The molecule has 3 aromatic rings. The molecule has 0 radical (unpaired) electrons. The highest BCUT2D eigenvalue weighted by atomic mass is 19.1. The average Bonchev–Trinajstić information content (AvgIpc) is 3.32. The summed E-state index contributed by atoms with van der Waals surface area (Å²) in [5, 5.41) is 14.2. The Bertz CT molecular complexity index is 1230. The highest BCUT2D eigenvalue weighted by molar-refractivity contribution is 6.01. The molecule has 0 bridgehead atoms. The van der Waals surface area contributed by atoms with Gasteiger partial charge in [-0.05, 0) is 48.2 Å². The van der Waals surface area contributed by atoms with E-state index in [0.29, 0.717) is 30.2 Å². The summed E-state index contributed by atoms with van der Waals surface area (Å²) in [7, 11) is 0. The third-order valence-electron chi connectivity index (χ3n) is 5.99. The number of carbonyl (C=O) groups excluding carboxylic acids is 2. The van der Waals surface area contributed by atoms with Crippen LogP contribution >= 0.6 is 0 Å². The third kappa shape index (κ3) is 5.11. The zero-order valence-electron chi connectivity index (χ0n) is 18.1. The van der Waals surface area contributed by atoms with Crippen molar-refractivity contribution < 1.29 is 28.3 Å². The number of ketones is 1. The van der Waals surface area contributed by atoms with Crippen LogP contribution in [0.5, 0.6) is 0 Å². The summed E-state index contributed by atoms with van der Waals surface area (Å²) in [5.41, 5.74) is 2.51. The van der Waals surface area contributed by atoms with Gasteiger partial charge in [0, 0.05) is 23.2 Å². The minimum atomic E-state index is -0.919. The van der Waals surface area contributed by atoms with Crippen LogP contribution in [0.3, 0.4) is 0 Å². The van der Waals surface area contributed by atoms with Crippen molar-refractivity contribution in [3.8, 4) is 11.1 Å². The van der Waals surface area contributed by atoms with E-state index in [1.54, 1.807) is 48.5 Å².